The van der Waals surface area contributed by atoms with Crippen molar-refractivity contribution in [2.45, 2.75) is 6.54 Å². The third-order valence-corrected chi connectivity index (χ3v) is 3.40. The molecule has 0 aliphatic carbocycles. The van der Waals surface area contributed by atoms with Crippen molar-refractivity contribution in [3.8, 4) is 11.5 Å². The number of anilines is 1. The Kier molecular flexibility index (Phi) is 5.09. The van der Waals surface area contributed by atoms with Crippen LogP contribution in [-0.2, 0) is 6.54 Å². The first kappa shape index (κ1) is 15.7. The number of rotatable bonds is 5. The van der Waals surface area contributed by atoms with Gasteiger partial charge in [0.1, 0.15) is 11.5 Å². The largest absolute Gasteiger partial charge is 0.493 e. The normalized spacial score (nSPS) is 10.3. The van der Waals surface area contributed by atoms with E-state index < -0.39 is 5.82 Å². The van der Waals surface area contributed by atoms with E-state index in [9.17, 15) is 4.39 Å². The van der Waals surface area contributed by atoms with Crippen LogP contribution in [0.25, 0.3) is 0 Å². The van der Waals surface area contributed by atoms with Crippen LogP contribution in [0.1, 0.15) is 5.69 Å². The first-order valence-corrected chi connectivity index (χ1v) is 6.76. The molecule has 1 aromatic heterocycles. The molecule has 1 aromatic carbocycles. The second kappa shape index (κ2) is 6.83. The van der Waals surface area contributed by atoms with Gasteiger partial charge in [-0.1, -0.05) is 23.2 Å². The molecule has 4 nitrogen and oxygen atoms in total. The van der Waals surface area contributed by atoms with Gasteiger partial charge in [0.15, 0.2) is 11.5 Å². The Bertz CT molecular complexity index is 630. The molecule has 0 atom stereocenters. The summed E-state index contributed by atoms with van der Waals surface area (Å²) in [6.45, 7) is 0.297. The van der Waals surface area contributed by atoms with Gasteiger partial charge in [-0.15, -0.1) is 0 Å². The van der Waals surface area contributed by atoms with Crippen molar-refractivity contribution in [1.82, 2.24) is 4.98 Å². The fourth-order valence-electron chi connectivity index (χ4n) is 1.86. The lowest BCUT2D eigenvalue weighted by atomic mass is 10.2. The fourth-order valence-corrected chi connectivity index (χ4v) is 2.45. The predicted molar refractivity (Wildman–Crippen MR) is 81.1 cm³/mol. The minimum atomic E-state index is -0.493. The van der Waals surface area contributed by atoms with Gasteiger partial charge in [-0.25, -0.2) is 4.39 Å². The van der Waals surface area contributed by atoms with Gasteiger partial charge in [-0.3, -0.25) is 4.98 Å². The Morgan fingerprint density at radius 2 is 1.86 bits per heavy atom. The van der Waals surface area contributed by atoms with Crippen molar-refractivity contribution in [2.24, 2.45) is 0 Å². The van der Waals surface area contributed by atoms with Crippen LogP contribution in [0.15, 0.2) is 24.4 Å². The van der Waals surface area contributed by atoms with E-state index in [-0.39, 0.29) is 10.0 Å². The lowest BCUT2D eigenvalue weighted by Crippen LogP contribution is -2.06. The summed E-state index contributed by atoms with van der Waals surface area (Å²) in [5.41, 5.74) is 1.06. The third-order valence-electron chi connectivity index (χ3n) is 2.81. The number of halogens is 3. The van der Waals surface area contributed by atoms with Crippen LogP contribution < -0.4 is 14.8 Å². The van der Waals surface area contributed by atoms with E-state index in [2.05, 4.69) is 10.3 Å². The number of nitrogens with zero attached hydrogens (tertiary/aromatic N) is 1. The summed E-state index contributed by atoms with van der Waals surface area (Å²) >= 11 is 11.9. The van der Waals surface area contributed by atoms with E-state index in [1.54, 1.807) is 19.4 Å². The highest BCUT2D eigenvalue weighted by Gasteiger charge is 2.13. The number of methoxy groups -OCH3 is 2. The van der Waals surface area contributed by atoms with E-state index in [0.717, 1.165) is 0 Å². The number of nitrogens with one attached hydrogen (secondary N) is 1. The molecular weight excluding hydrogens is 318 g/mol. The minimum Gasteiger partial charge on any atom is -0.493 e. The monoisotopic (exact) mass is 330 g/mol. The molecule has 0 amide bonds. The molecule has 0 spiro atoms. The minimum absolute atomic E-state index is 0.196. The Labute approximate surface area is 131 Å². The van der Waals surface area contributed by atoms with Crippen LogP contribution in [0.2, 0.25) is 10.0 Å². The van der Waals surface area contributed by atoms with E-state index >= 15 is 0 Å². The molecule has 0 fully saturated rings. The molecule has 21 heavy (non-hydrogen) atoms. The zero-order chi connectivity index (χ0) is 15.4. The predicted octanol–water partition coefficient (Wildman–Crippen LogP) is 4.16. The molecule has 0 unspecified atom stereocenters. The Hall–Kier alpha value is -1.72. The first-order chi connectivity index (χ1) is 10.1. The smallest absolute Gasteiger partial charge is 0.184 e. The van der Waals surface area contributed by atoms with Crippen molar-refractivity contribution >= 4 is 28.9 Å². The summed E-state index contributed by atoms with van der Waals surface area (Å²) < 4.78 is 23.6. The van der Waals surface area contributed by atoms with E-state index in [0.29, 0.717) is 29.4 Å². The molecule has 7 heteroatoms. The van der Waals surface area contributed by atoms with Crippen molar-refractivity contribution in [2.75, 3.05) is 19.5 Å². The zero-order valence-electron chi connectivity index (χ0n) is 11.4. The van der Waals surface area contributed by atoms with E-state index in [1.165, 1.54) is 19.2 Å². The molecule has 0 bridgehead atoms. The van der Waals surface area contributed by atoms with Crippen LogP contribution in [0.5, 0.6) is 11.5 Å². The van der Waals surface area contributed by atoms with Crippen molar-refractivity contribution < 1.29 is 13.9 Å². The van der Waals surface area contributed by atoms with E-state index in [1.807, 2.05) is 0 Å². The summed E-state index contributed by atoms with van der Waals surface area (Å²) in [5.74, 6) is 0.593. The second-order valence-electron chi connectivity index (χ2n) is 4.09. The highest BCUT2D eigenvalue weighted by atomic mass is 35.5. The number of aromatic nitrogens is 1. The Balaban J connectivity index is 2.25. The van der Waals surface area contributed by atoms with Gasteiger partial charge in [0.05, 0.1) is 36.5 Å². The van der Waals surface area contributed by atoms with Gasteiger partial charge in [0.2, 0.25) is 0 Å². The van der Waals surface area contributed by atoms with Gasteiger partial charge in [-0.05, 0) is 12.1 Å². The Morgan fingerprint density at radius 3 is 2.43 bits per heavy atom. The maximum Gasteiger partial charge on any atom is 0.184 e. The fraction of sp³-hybridized carbons (Fsp3) is 0.214. The van der Waals surface area contributed by atoms with Crippen molar-refractivity contribution in [3.05, 3.63) is 46.0 Å². The third kappa shape index (κ3) is 3.49. The summed E-state index contributed by atoms with van der Waals surface area (Å²) in [6, 6.07) is 4.07. The lowest BCUT2D eigenvalue weighted by molar-refractivity contribution is 0.350. The first-order valence-electron chi connectivity index (χ1n) is 6.01. The SMILES string of the molecule is COc1ccnc(CNc2c(Cl)cc(F)cc2Cl)c1OC. The van der Waals surface area contributed by atoms with Crippen LogP contribution in [0, 0.1) is 5.82 Å². The number of hydrogen-bond acceptors (Lipinski definition) is 4. The molecule has 1 heterocycles. The summed E-state index contributed by atoms with van der Waals surface area (Å²) in [4.78, 5) is 4.22. The molecule has 2 rings (SSSR count). The molecule has 0 saturated heterocycles. The van der Waals surface area contributed by atoms with Gasteiger partial charge < -0.3 is 14.8 Å². The molecule has 112 valence electrons. The van der Waals surface area contributed by atoms with Crippen molar-refractivity contribution in [1.29, 1.82) is 0 Å². The maximum absolute atomic E-state index is 13.1. The van der Waals surface area contributed by atoms with Crippen LogP contribution in [0.3, 0.4) is 0 Å². The number of benzene rings is 1. The van der Waals surface area contributed by atoms with Crippen LogP contribution in [-0.4, -0.2) is 19.2 Å². The lowest BCUT2D eigenvalue weighted by Gasteiger charge is -2.14. The molecule has 1 N–H and O–H groups in total. The summed E-state index contributed by atoms with van der Waals surface area (Å²) in [6.07, 6.45) is 1.60. The van der Waals surface area contributed by atoms with Gasteiger partial charge in [-0.2, -0.15) is 0 Å². The van der Waals surface area contributed by atoms with Gasteiger partial charge in [0.25, 0.3) is 0 Å². The average molecular weight is 331 g/mol. The summed E-state index contributed by atoms with van der Waals surface area (Å²) in [5, 5.41) is 3.41. The highest BCUT2D eigenvalue weighted by Crippen LogP contribution is 2.33. The topological polar surface area (TPSA) is 43.4 Å². The van der Waals surface area contributed by atoms with Crippen LogP contribution in [0.4, 0.5) is 10.1 Å². The molecular formula is C14H13Cl2FN2O2. The maximum atomic E-state index is 13.1. The van der Waals surface area contributed by atoms with Crippen molar-refractivity contribution in [3.63, 3.8) is 0 Å². The van der Waals surface area contributed by atoms with Gasteiger partial charge in [0, 0.05) is 12.3 Å². The molecule has 0 saturated carbocycles. The highest BCUT2D eigenvalue weighted by molar-refractivity contribution is 6.39. The van der Waals surface area contributed by atoms with Crippen LogP contribution >= 0.6 is 23.2 Å². The second-order valence-corrected chi connectivity index (χ2v) is 4.91. The molecule has 0 aliphatic rings. The Morgan fingerprint density at radius 1 is 1.19 bits per heavy atom. The zero-order valence-corrected chi connectivity index (χ0v) is 12.9. The quantitative estimate of drug-likeness (QED) is 0.894. The number of hydrogen-bond donors (Lipinski definition) is 1. The standard InChI is InChI=1S/C14H13Cl2FN2O2/c1-20-12-3-4-18-11(14(12)21-2)7-19-13-9(15)5-8(17)6-10(13)16/h3-6,19H,7H2,1-2H3. The van der Waals surface area contributed by atoms with E-state index in [4.69, 9.17) is 32.7 Å². The average Bonchev–Trinajstić information content (AvgIpc) is 2.45. The molecule has 0 aliphatic heterocycles. The number of ether oxygens (including phenoxy) is 2. The molecule has 2 aromatic rings. The molecule has 0 radical (unpaired) electrons. The number of pyridine rings is 1. The van der Waals surface area contributed by atoms with Gasteiger partial charge >= 0.3 is 0 Å². The summed E-state index contributed by atoms with van der Waals surface area (Å²) in [7, 11) is 3.07.